The zero-order chi connectivity index (χ0) is 18.4. The minimum atomic E-state index is 0.758. The van der Waals surface area contributed by atoms with E-state index in [1.807, 2.05) is 21.2 Å². The third kappa shape index (κ3) is 2.49. The van der Waals surface area contributed by atoms with Crippen LogP contribution in [0.15, 0.2) is 61.1 Å². The van der Waals surface area contributed by atoms with Crippen molar-refractivity contribution in [3.63, 3.8) is 0 Å². The fourth-order valence-corrected chi connectivity index (χ4v) is 3.36. The number of aryl methyl sites for hydroxylation is 2. The second-order valence-electron chi connectivity index (χ2n) is 6.64. The molecule has 0 atom stereocenters. The number of hydrogen-bond acceptors (Lipinski definition) is 4. The Hall–Kier alpha value is -3.54. The maximum absolute atomic E-state index is 4.65. The summed E-state index contributed by atoms with van der Waals surface area (Å²) in [7, 11) is 0. The van der Waals surface area contributed by atoms with E-state index in [1.165, 1.54) is 11.1 Å². The average molecular weight is 354 g/mol. The molecule has 5 rings (SSSR count). The van der Waals surface area contributed by atoms with Gasteiger partial charge >= 0.3 is 0 Å². The standard InChI is InChI=1S/C21H18N6/c1-3-15-7-9-16(10-8-15)19-24-25-21-18-12-23-27(20(18)22-13-26(19)21)17-6-4-5-14(2)11-17/h4-13H,3H2,1-2H3. The van der Waals surface area contributed by atoms with E-state index >= 15 is 0 Å². The molecular formula is C21H18N6. The molecule has 6 nitrogen and oxygen atoms in total. The van der Waals surface area contributed by atoms with E-state index in [1.54, 1.807) is 12.5 Å². The van der Waals surface area contributed by atoms with E-state index in [-0.39, 0.29) is 0 Å². The minimum absolute atomic E-state index is 0.758. The zero-order valence-electron chi connectivity index (χ0n) is 15.2. The van der Waals surface area contributed by atoms with Gasteiger partial charge in [0.1, 0.15) is 6.33 Å². The summed E-state index contributed by atoms with van der Waals surface area (Å²) in [5.74, 6) is 0.783. The van der Waals surface area contributed by atoms with Crippen LogP contribution in [-0.2, 0) is 6.42 Å². The van der Waals surface area contributed by atoms with Gasteiger partial charge in [0.2, 0.25) is 0 Å². The molecule has 3 heterocycles. The summed E-state index contributed by atoms with van der Waals surface area (Å²) in [5.41, 5.74) is 6.01. The highest BCUT2D eigenvalue weighted by molar-refractivity contribution is 5.90. The van der Waals surface area contributed by atoms with Crippen molar-refractivity contribution in [2.75, 3.05) is 0 Å². The van der Waals surface area contributed by atoms with E-state index in [2.05, 4.69) is 70.5 Å². The molecule has 0 amide bonds. The number of fused-ring (bicyclic) bond motifs is 3. The first kappa shape index (κ1) is 15.7. The van der Waals surface area contributed by atoms with Gasteiger partial charge in [-0.1, -0.05) is 43.3 Å². The Morgan fingerprint density at radius 3 is 2.59 bits per heavy atom. The van der Waals surface area contributed by atoms with Crippen LogP contribution in [0.3, 0.4) is 0 Å². The monoisotopic (exact) mass is 354 g/mol. The van der Waals surface area contributed by atoms with Gasteiger partial charge in [0.25, 0.3) is 0 Å². The number of aromatic nitrogens is 6. The zero-order valence-corrected chi connectivity index (χ0v) is 15.2. The van der Waals surface area contributed by atoms with Crippen molar-refractivity contribution < 1.29 is 0 Å². The molecule has 0 saturated carbocycles. The van der Waals surface area contributed by atoms with Crippen molar-refractivity contribution in [3.05, 3.63) is 72.2 Å². The highest BCUT2D eigenvalue weighted by Crippen LogP contribution is 2.24. The van der Waals surface area contributed by atoms with E-state index in [0.29, 0.717) is 0 Å². The molecule has 0 aliphatic rings. The second kappa shape index (κ2) is 6.02. The highest BCUT2D eigenvalue weighted by atomic mass is 15.3. The summed E-state index contributed by atoms with van der Waals surface area (Å²) in [4.78, 5) is 4.65. The summed E-state index contributed by atoms with van der Waals surface area (Å²) in [6.45, 7) is 4.21. The van der Waals surface area contributed by atoms with E-state index in [0.717, 1.165) is 40.2 Å². The maximum Gasteiger partial charge on any atom is 0.175 e. The van der Waals surface area contributed by atoms with Crippen LogP contribution < -0.4 is 0 Å². The van der Waals surface area contributed by atoms with Gasteiger partial charge in [-0.2, -0.15) is 5.10 Å². The second-order valence-corrected chi connectivity index (χ2v) is 6.64. The Morgan fingerprint density at radius 1 is 0.963 bits per heavy atom. The third-order valence-corrected chi connectivity index (χ3v) is 4.84. The Bertz CT molecular complexity index is 1260. The van der Waals surface area contributed by atoms with Gasteiger partial charge < -0.3 is 0 Å². The molecule has 132 valence electrons. The van der Waals surface area contributed by atoms with Crippen molar-refractivity contribution in [1.82, 2.24) is 29.4 Å². The molecule has 0 bridgehead atoms. The molecular weight excluding hydrogens is 336 g/mol. The lowest BCUT2D eigenvalue weighted by molar-refractivity contribution is 0.892. The highest BCUT2D eigenvalue weighted by Gasteiger charge is 2.15. The molecule has 0 N–H and O–H groups in total. The van der Waals surface area contributed by atoms with Crippen LogP contribution in [-0.4, -0.2) is 29.4 Å². The smallest absolute Gasteiger partial charge is 0.175 e. The van der Waals surface area contributed by atoms with Gasteiger partial charge in [0, 0.05) is 5.56 Å². The average Bonchev–Trinajstić information content (AvgIpc) is 3.32. The first-order valence-electron chi connectivity index (χ1n) is 8.98. The summed E-state index contributed by atoms with van der Waals surface area (Å²) in [6, 6.07) is 16.6. The van der Waals surface area contributed by atoms with E-state index < -0.39 is 0 Å². The molecule has 6 heteroatoms. The topological polar surface area (TPSA) is 60.9 Å². The van der Waals surface area contributed by atoms with Crippen LogP contribution in [0.4, 0.5) is 0 Å². The maximum atomic E-state index is 4.65. The van der Waals surface area contributed by atoms with Crippen LogP contribution in [0.2, 0.25) is 0 Å². The summed E-state index contributed by atoms with van der Waals surface area (Å²) >= 11 is 0. The summed E-state index contributed by atoms with van der Waals surface area (Å²) < 4.78 is 3.76. The Balaban J connectivity index is 1.67. The van der Waals surface area contributed by atoms with Crippen molar-refractivity contribution in [1.29, 1.82) is 0 Å². The van der Waals surface area contributed by atoms with Gasteiger partial charge in [0.15, 0.2) is 17.1 Å². The lowest BCUT2D eigenvalue weighted by atomic mass is 10.1. The molecule has 0 aliphatic carbocycles. The SMILES string of the molecule is CCc1ccc(-c2nnc3c4cnn(-c5cccc(C)c5)c4ncn23)cc1. The Morgan fingerprint density at radius 2 is 1.81 bits per heavy atom. The molecule has 3 aromatic heterocycles. The fraction of sp³-hybridized carbons (Fsp3) is 0.143. The number of nitrogens with zero attached hydrogens (tertiary/aromatic N) is 6. The summed E-state index contributed by atoms with van der Waals surface area (Å²) in [6.07, 6.45) is 4.59. The molecule has 0 spiro atoms. The first-order chi connectivity index (χ1) is 13.2. The molecule has 0 unspecified atom stereocenters. The van der Waals surface area contributed by atoms with E-state index in [9.17, 15) is 0 Å². The van der Waals surface area contributed by atoms with Crippen molar-refractivity contribution in [2.24, 2.45) is 0 Å². The lowest BCUT2D eigenvalue weighted by Gasteiger charge is -2.05. The van der Waals surface area contributed by atoms with Gasteiger partial charge in [-0.3, -0.25) is 4.40 Å². The van der Waals surface area contributed by atoms with Gasteiger partial charge in [-0.25, -0.2) is 9.67 Å². The third-order valence-electron chi connectivity index (χ3n) is 4.84. The molecule has 0 aliphatic heterocycles. The number of rotatable bonds is 3. The van der Waals surface area contributed by atoms with Crippen LogP contribution >= 0.6 is 0 Å². The van der Waals surface area contributed by atoms with Gasteiger partial charge in [0.05, 0.1) is 17.3 Å². The van der Waals surface area contributed by atoms with Crippen LogP contribution in [0, 0.1) is 6.92 Å². The fourth-order valence-electron chi connectivity index (χ4n) is 3.36. The van der Waals surface area contributed by atoms with Crippen LogP contribution in [0.25, 0.3) is 33.8 Å². The van der Waals surface area contributed by atoms with Crippen molar-refractivity contribution in [2.45, 2.75) is 20.3 Å². The molecule has 27 heavy (non-hydrogen) atoms. The largest absolute Gasteiger partial charge is 0.265 e. The quantitative estimate of drug-likeness (QED) is 0.491. The predicted molar refractivity (Wildman–Crippen MR) is 105 cm³/mol. The van der Waals surface area contributed by atoms with E-state index in [4.69, 9.17) is 0 Å². The Kier molecular flexibility index (Phi) is 3.50. The first-order valence-corrected chi connectivity index (χ1v) is 8.98. The van der Waals surface area contributed by atoms with Crippen molar-refractivity contribution >= 4 is 16.7 Å². The van der Waals surface area contributed by atoms with Gasteiger partial charge in [-0.05, 0) is 36.6 Å². The molecule has 2 aromatic carbocycles. The predicted octanol–water partition coefficient (Wildman–Crippen LogP) is 4.00. The Labute approximate surface area is 156 Å². The molecule has 0 radical (unpaired) electrons. The summed E-state index contributed by atoms with van der Waals surface area (Å²) in [5, 5.41) is 14.2. The lowest BCUT2D eigenvalue weighted by Crippen LogP contribution is -1.99. The van der Waals surface area contributed by atoms with Gasteiger partial charge in [-0.15, -0.1) is 10.2 Å². The molecule has 0 saturated heterocycles. The molecule has 5 aromatic rings. The van der Waals surface area contributed by atoms with Crippen LogP contribution in [0.1, 0.15) is 18.1 Å². The molecule has 0 fully saturated rings. The van der Waals surface area contributed by atoms with Crippen LogP contribution in [0.5, 0.6) is 0 Å². The van der Waals surface area contributed by atoms with Crippen molar-refractivity contribution in [3.8, 4) is 17.1 Å². The number of hydrogen-bond donors (Lipinski definition) is 0. The normalized spacial score (nSPS) is 11.5. The minimum Gasteiger partial charge on any atom is -0.265 e. The number of benzene rings is 2.